The Bertz CT molecular complexity index is 1020. The van der Waals surface area contributed by atoms with E-state index in [1.807, 2.05) is 30.3 Å². The highest BCUT2D eigenvalue weighted by atomic mass is 16.6. The van der Waals surface area contributed by atoms with E-state index in [9.17, 15) is 14.9 Å². The molecule has 6 heteroatoms. The first kappa shape index (κ1) is 17.2. The molecule has 0 aromatic heterocycles. The first-order chi connectivity index (χ1) is 12.5. The molecule has 3 aromatic carbocycles. The molecule has 3 rings (SSSR count). The van der Waals surface area contributed by atoms with Gasteiger partial charge in [-0.3, -0.25) is 10.1 Å². The van der Waals surface area contributed by atoms with E-state index in [1.165, 1.54) is 24.3 Å². The van der Waals surface area contributed by atoms with Crippen LogP contribution in [0.1, 0.15) is 12.5 Å². The maximum Gasteiger partial charge on any atom is 0.339 e. The molecule has 0 fully saturated rings. The minimum atomic E-state index is -0.550. The molecular weight excluding hydrogens is 332 g/mol. The Labute approximate surface area is 149 Å². The predicted molar refractivity (Wildman–Crippen MR) is 101 cm³/mol. The molecule has 130 valence electrons. The average molecular weight is 348 g/mol. The molecule has 2 N–H and O–H groups in total. The summed E-state index contributed by atoms with van der Waals surface area (Å²) >= 11 is 0. The molecule has 0 aliphatic carbocycles. The van der Waals surface area contributed by atoms with Crippen LogP contribution < -0.4 is 10.5 Å². The maximum absolute atomic E-state index is 12.3. The van der Waals surface area contributed by atoms with E-state index in [1.54, 1.807) is 19.1 Å². The molecule has 0 spiro atoms. The smallest absolute Gasteiger partial charge is 0.339 e. The first-order valence-corrected chi connectivity index (χ1v) is 7.88. The van der Waals surface area contributed by atoms with Gasteiger partial charge in [-0.2, -0.15) is 0 Å². The summed E-state index contributed by atoms with van der Waals surface area (Å²) in [6, 6.07) is 16.8. The molecule has 0 radical (unpaired) electrons. The minimum Gasteiger partial charge on any atom is -0.423 e. The number of ether oxygens (including phenoxy) is 1. The van der Waals surface area contributed by atoms with E-state index in [0.717, 1.165) is 16.3 Å². The average Bonchev–Trinajstić information content (AvgIpc) is 2.64. The number of carbonyl (C=O) groups is 1. The number of non-ortho nitro benzene ring substituents is 1. The van der Waals surface area contributed by atoms with Crippen LogP contribution in [0.15, 0.2) is 66.2 Å². The SMILES string of the molecule is CC(=Cc1c(N)ccc2ccccc12)C(=O)Oc1ccc([N+](=O)[O-])cc1. The zero-order chi connectivity index (χ0) is 18.7. The van der Waals surface area contributed by atoms with Crippen LogP contribution in [0.25, 0.3) is 16.8 Å². The number of esters is 1. The Morgan fingerprint density at radius 1 is 1.08 bits per heavy atom. The van der Waals surface area contributed by atoms with E-state index in [0.29, 0.717) is 11.3 Å². The van der Waals surface area contributed by atoms with Gasteiger partial charge in [-0.05, 0) is 42.0 Å². The Morgan fingerprint density at radius 2 is 1.77 bits per heavy atom. The molecule has 0 unspecified atom stereocenters. The van der Waals surface area contributed by atoms with Crippen molar-refractivity contribution in [3.8, 4) is 5.75 Å². The van der Waals surface area contributed by atoms with Crippen LogP contribution in [0.4, 0.5) is 11.4 Å². The van der Waals surface area contributed by atoms with Crippen LogP contribution in [0.5, 0.6) is 5.75 Å². The van der Waals surface area contributed by atoms with Crippen LogP contribution in [-0.4, -0.2) is 10.9 Å². The Morgan fingerprint density at radius 3 is 2.46 bits per heavy atom. The second kappa shape index (κ2) is 7.06. The van der Waals surface area contributed by atoms with Crippen molar-refractivity contribution in [1.29, 1.82) is 0 Å². The largest absolute Gasteiger partial charge is 0.423 e. The monoisotopic (exact) mass is 348 g/mol. The van der Waals surface area contributed by atoms with Crippen molar-refractivity contribution >= 4 is 34.2 Å². The highest BCUT2D eigenvalue weighted by Gasteiger charge is 2.12. The maximum atomic E-state index is 12.3. The van der Waals surface area contributed by atoms with Gasteiger partial charge in [0.2, 0.25) is 0 Å². The highest BCUT2D eigenvalue weighted by Crippen LogP contribution is 2.27. The molecule has 3 aromatic rings. The number of nitrogens with zero attached hydrogens (tertiary/aromatic N) is 1. The number of nitrogens with two attached hydrogens (primary N) is 1. The fraction of sp³-hybridized carbons (Fsp3) is 0.0500. The topological polar surface area (TPSA) is 95.5 Å². The van der Waals surface area contributed by atoms with Crippen molar-refractivity contribution in [2.45, 2.75) is 6.92 Å². The number of anilines is 1. The number of carbonyl (C=O) groups excluding carboxylic acids is 1. The minimum absolute atomic E-state index is 0.0689. The normalized spacial score (nSPS) is 11.3. The van der Waals surface area contributed by atoms with Crippen molar-refractivity contribution in [3.63, 3.8) is 0 Å². The van der Waals surface area contributed by atoms with Gasteiger partial charge in [0.15, 0.2) is 0 Å². The lowest BCUT2D eigenvalue weighted by Crippen LogP contribution is -2.09. The number of nitro groups is 1. The number of hydrogen-bond acceptors (Lipinski definition) is 5. The zero-order valence-corrected chi connectivity index (χ0v) is 14.0. The third-order valence-electron chi connectivity index (χ3n) is 3.95. The van der Waals surface area contributed by atoms with E-state index < -0.39 is 10.9 Å². The standard InChI is InChI=1S/C20H16N2O4/c1-13(20(23)26-16-9-7-15(8-10-16)22(24)25)12-18-17-5-3-2-4-14(17)6-11-19(18)21/h2-12H,21H2,1H3. The van der Waals surface area contributed by atoms with Crippen LogP contribution in [-0.2, 0) is 4.79 Å². The van der Waals surface area contributed by atoms with Crippen LogP contribution >= 0.6 is 0 Å². The van der Waals surface area contributed by atoms with Crippen molar-refractivity contribution in [1.82, 2.24) is 0 Å². The van der Waals surface area contributed by atoms with E-state index in [4.69, 9.17) is 10.5 Å². The molecule has 0 aliphatic heterocycles. The summed E-state index contributed by atoms with van der Waals surface area (Å²) in [5.41, 5.74) is 7.68. The van der Waals surface area contributed by atoms with Gasteiger partial charge in [0, 0.05) is 29.0 Å². The molecule has 0 saturated carbocycles. The molecular formula is C20H16N2O4. The van der Waals surface area contributed by atoms with E-state index in [2.05, 4.69) is 0 Å². The molecule has 0 atom stereocenters. The zero-order valence-electron chi connectivity index (χ0n) is 14.0. The van der Waals surface area contributed by atoms with Gasteiger partial charge in [-0.25, -0.2) is 4.79 Å². The number of nitro benzene ring substituents is 1. The lowest BCUT2D eigenvalue weighted by atomic mass is 10.0. The Balaban J connectivity index is 1.87. The van der Waals surface area contributed by atoms with Gasteiger partial charge in [0.05, 0.1) is 4.92 Å². The molecule has 26 heavy (non-hydrogen) atoms. The summed E-state index contributed by atoms with van der Waals surface area (Å²) in [6.07, 6.45) is 1.69. The second-order valence-electron chi connectivity index (χ2n) is 5.76. The first-order valence-electron chi connectivity index (χ1n) is 7.88. The second-order valence-corrected chi connectivity index (χ2v) is 5.76. The van der Waals surface area contributed by atoms with Crippen LogP contribution in [0, 0.1) is 10.1 Å². The molecule has 0 saturated heterocycles. The van der Waals surface area contributed by atoms with Gasteiger partial charge in [0.25, 0.3) is 5.69 Å². The Kier molecular flexibility index (Phi) is 4.66. The van der Waals surface area contributed by atoms with E-state index >= 15 is 0 Å². The van der Waals surface area contributed by atoms with Gasteiger partial charge < -0.3 is 10.5 Å². The Hall–Kier alpha value is -3.67. The van der Waals surface area contributed by atoms with Gasteiger partial charge in [-0.1, -0.05) is 30.3 Å². The van der Waals surface area contributed by atoms with Crippen molar-refractivity contribution in [2.24, 2.45) is 0 Å². The fourth-order valence-corrected chi connectivity index (χ4v) is 2.57. The van der Waals surface area contributed by atoms with Gasteiger partial charge in [-0.15, -0.1) is 0 Å². The number of benzene rings is 3. The summed E-state index contributed by atoms with van der Waals surface area (Å²) in [4.78, 5) is 22.5. The molecule has 0 amide bonds. The molecule has 6 nitrogen and oxygen atoms in total. The van der Waals surface area contributed by atoms with Gasteiger partial charge >= 0.3 is 5.97 Å². The summed E-state index contributed by atoms with van der Waals surface area (Å²) in [6.45, 7) is 1.63. The van der Waals surface area contributed by atoms with Crippen molar-refractivity contribution < 1.29 is 14.5 Å². The summed E-state index contributed by atoms with van der Waals surface area (Å²) in [5.74, 6) is -0.314. The quantitative estimate of drug-likeness (QED) is 0.189. The third-order valence-corrected chi connectivity index (χ3v) is 3.95. The molecule has 0 heterocycles. The number of rotatable bonds is 4. The van der Waals surface area contributed by atoms with Crippen LogP contribution in [0.2, 0.25) is 0 Å². The number of hydrogen-bond donors (Lipinski definition) is 1. The third kappa shape index (κ3) is 3.54. The number of nitrogen functional groups attached to an aromatic ring is 1. The highest BCUT2D eigenvalue weighted by molar-refractivity contribution is 6.01. The summed E-state index contributed by atoms with van der Waals surface area (Å²) in [5, 5.41) is 12.6. The lowest BCUT2D eigenvalue weighted by Gasteiger charge is -2.08. The predicted octanol–water partition coefficient (Wildman–Crippen LogP) is 4.34. The molecule has 0 bridgehead atoms. The summed E-state index contributed by atoms with van der Waals surface area (Å²) < 4.78 is 5.26. The summed E-state index contributed by atoms with van der Waals surface area (Å²) in [7, 11) is 0. The van der Waals surface area contributed by atoms with Gasteiger partial charge in [0.1, 0.15) is 5.75 Å². The van der Waals surface area contributed by atoms with Crippen molar-refractivity contribution in [3.05, 3.63) is 81.9 Å². The van der Waals surface area contributed by atoms with Crippen molar-refractivity contribution in [2.75, 3.05) is 5.73 Å². The number of fused-ring (bicyclic) bond motifs is 1. The van der Waals surface area contributed by atoms with Crippen LogP contribution in [0.3, 0.4) is 0 Å². The van der Waals surface area contributed by atoms with E-state index in [-0.39, 0.29) is 11.4 Å². The fourth-order valence-electron chi connectivity index (χ4n) is 2.57. The lowest BCUT2D eigenvalue weighted by molar-refractivity contribution is -0.384. The molecule has 0 aliphatic rings.